The summed E-state index contributed by atoms with van der Waals surface area (Å²) in [6.07, 6.45) is 8.39. The highest BCUT2D eigenvalue weighted by molar-refractivity contribution is 6.17. The van der Waals surface area contributed by atoms with Crippen LogP contribution in [-0.4, -0.2) is 18.3 Å². The second-order valence-electron chi connectivity index (χ2n) is 22.1. The quantitative estimate of drug-likeness (QED) is 0.135. The highest BCUT2D eigenvalue weighted by Crippen LogP contribution is 2.52. The third kappa shape index (κ3) is 7.03. The molecule has 0 amide bonds. The minimum atomic E-state index is 0.266. The first-order valence-corrected chi connectivity index (χ1v) is 28.4. The molecular formula is C77H56N4. The van der Waals surface area contributed by atoms with Gasteiger partial charge >= 0.3 is 0 Å². The van der Waals surface area contributed by atoms with E-state index < -0.39 is 0 Å². The lowest BCUT2D eigenvalue weighted by Gasteiger charge is -2.32. The number of rotatable bonds is 8. The molecule has 0 bridgehead atoms. The van der Waals surface area contributed by atoms with Crippen LogP contribution in [0, 0.1) is 0 Å². The first kappa shape index (κ1) is 46.9. The number of aromatic nitrogens is 4. The van der Waals surface area contributed by atoms with Crippen molar-refractivity contribution in [1.82, 2.24) is 18.3 Å². The van der Waals surface area contributed by atoms with Crippen molar-refractivity contribution < 1.29 is 0 Å². The molecular weight excluding hydrogens is 981 g/mol. The zero-order valence-corrected chi connectivity index (χ0v) is 45.5. The monoisotopic (exact) mass is 1040 g/mol. The van der Waals surface area contributed by atoms with Crippen LogP contribution in [0.2, 0.25) is 0 Å². The Hall–Kier alpha value is -10.2. The van der Waals surface area contributed by atoms with Crippen LogP contribution in [0.1, 0.15) is 43.7 Å². The Morgan fingerprint density at radius 1 is 0.346 bits per heavy atom. The van der Waals surface area contributed by atoms with Crippen LogP contribution in [0.5, 0.6) is 0 Å². The lowest BCUT2D eigenvalue weighted by atomic mass is 9.72. The summed E-state index contributed by atoms with van der Waals surface area (Å²) >= 11 is 0. The molecule has 1 aliphatic rings. The Bertz CT molecular complexity index is 5150. The van der Waals surface area contributed by atoms with Gasteiger partial charge in [-0.1, -0.05) is 148 Å². The van der Waals surface area contributed by atoms with E-state index in [0.29, 0.717) is 0 Å². The van der Waals surface area contributed by atoms with E-state index in [9.17, 15) is 0 Å². The Morgan fingerprint density at radius 2 is 0.691 bits per heavy atom. The molecule has 0 aliphatic heterocycles. The number of fused-ring (bicyclic) bond motifs is 15. The van der Waals surface area contributed by atoms with E-state index in [1.807, 2.05) is 6.08 Å². The van der Waals surface area contributed by atoms with E-state index >= 15 is 0 Å². The lowest BCUT2D eigenvalue weighted by Crippen LogP contribution is -2.13. The van der Waals surface area contributed by atoms with Crippen molar-refractivity contribution in [3.05, 3.63) is 279 Å². The van der Waals surface area contributed by atoms with Crippen LogP contribution >= 0.6 is 0 Å². The molecule has 2 atom stereocenters. The molecule has 0 radical (unpaired) electrons. The first-order valence-electron chi connectivity index (χ1n) is 28.4. The van der Waals surface area contributed by atoms with Gasteiger partial charge in [-0.25, -0.2) is 0 Å². The van der Waals surface area contributed by atoms with Crippen molar-refractivity contribution in [2.75, 3.05) is 0 Å². The Morgan fingerprint density at radius 3 is 1.14 bits per heavy atom. The number of hydrogen-bond acceptors (Lipinski definition) is 0. The van der Waals surface area contributed by atoms with Gasteiger partial charge in [0.15, 0.2) is 0 Å². The van der Waals surface area contributed by atoms with Crippen molar-refractivity contribution in [3.63, 3.8) is 0 Å². The highest BCUT2D eigenvalue weighted by atomic mass is 15.0. The predicted octanol–water partition coefficient (Wildman–Crippen LogP) is 20.9. The summed E-state index contributed by atoms with van der Waals surface area (Å²) in [6.45, 7) is 11.2. The second kappa shape index (κ2) is 18.2. The van der Waals surface area contributed by atoms with Gasteiger partial charge in [0, 0.05) is 65.8 Å². The molecule has 15 aromatic rings. The van der Waals surface area contributed by atoms with Gasteiger partial charge in [-0.05, 0) is 197 Å². The summed E-state index contributed by atoms with van der Waals surface area (Å²) in [5.41, 5.74) is 24.3. The van der Waals surface area contributed by atoms with Crippen LogP contribution in [0.3, 0.4) is 0 Å². The largest absolute Gasteiger partial charge is 0.309 e. The summed E-state index contributed by atoms with van der Waals surface area (Å²) < 4.78 is 9.72. The minimum absolute atomic E-state index is 0.266. The Kier molecular flexibility index (Phi) is 10.5. The van der Waals surface area contributed by atoms with Gasteiger partial charge in [-0.15, -0.1) is 0 Å². The maximum atomic E-state index is 4.20. The third-order valence-electron chi connectivity index (χ3n) is 17.8. The third-order valence-corrected chi connectivity index (χ3v) is 17.8. The van der Waals surface area contributed by atoms with E-state index in [1.165, 1.54) is 137 Å². The zero-order valence-electron chi connectivity index (χ0n) is 45.5. The summed E-state index contributed by atoms with van der Waals surface area (Å²) in [5.74, 6) is 0.534. The van der Waals surface area contributed by atoms with Gasteiger partial charge in [0.2, 0.25) is 0 Å². The van der Waals surface area contributed by atoms with Gasteiger partial charge in [-0.3, -0.25) is 0 Å². The Balaban J connectivity index is 0.887. The molecule has 0 saturated heterocycles. The van der Waals surface area contributed by atoms with Crippen molar-refractivity contribution in [1.29, 1.82) is 0 Å². The molecule has 4 nitrogen and oxygen atoms in total. The van der Waals surface area contributed by atoms with Crippen molar-refractivity contribution >= 4 is 92.9 Å². The average molecular weight is 1040 g/mol. The fraction of sp³-hybridized carbons (Fsp3) is 0.0649. The molecule has 1 aliphatic carbocycles. The maximum Gasteiger partial charge on any atom is 0.0547 e. The van der Waals surface area contributed by atoms with Gasteiger partial charge < -0.3 is 18.3 Å². The standard InChI is InChI=1S/C77H56N4/c1-5-20-54(21-6-2)80-74-38-34-52(50-32-36-72-64(40-50)58-28-16-18-30-70(58)78(72)55-22-10-7-11-23-55)42-66(74)68-44-60-48(3)49(4)61-45-69-67-43-53(35-39-75(67)81(57-26-14-9-15-27-57)77(69)47-63(61)62(60)46-76(68)80)51-33-37-73-65(41-51)59-29-17-19-31-71(59)79(73)56-24-12-8-13-25-56/h5-49H,1H2,2-4H3/b21-6-,54-20+. The summed E-state index contributed by atoms with van der Waals surface area (Å²) in [5, 5.41) is 10.0. The van der Waals surface area contributed by atoms with Crippen molar-refractivity contribution in [2.24, 2.45) is 0 Å². The molecule has 81 heavy (non-hydrogen) atoms. The van der Waals surface area contributed by atoms with Gasteiger partial charge in [0.25, 0.3) is 0 Å². The summed E-state index contributed by atoms with van der Waals surface area (Å²) in [4.78, 5) is 0. The Labute approximate surface area is 470 Å². The first-order chi connectivity index (χ1) is 39.9. The molecule has 0 fully saturated rings. The molecule has 4 aromatic heterocycles. The van der Waals surface area contributed by atoms with E-state index in [1.54, 1.807) is 0 Å². The lowest BCUT2D eigenvalue weighted by molar-refractivity contribution is 0.617. The highest BCUT2D eigenvalue weighted by Gasteiger charge is 2.32. The average Bonchev–Trinajstić information content (AvgIpc) is 4.25. The molecule has 0 N–H and O–H groups in total. The number of hydrogen-bond donors (Lipinski definition) is 0. The summed E-state index contributed by atoms with van der Waals surface area (Å²) in [7, 11) is 0. The number of para-hydroxylation sites is 5. The normalized spacial score (nSPS) is 14.7. The predicted molar refractivity (Wildman–Crippen MR) is 345 cm³/mol. The molecule has 0 spiro atoms. The van der Waals surface area contributed by atoms with E-state index in [4.69, 9.17) is 0 Å². The number of benzene rings is 11. The molecule has 384 valence electrons. The topological polar surface area (TPSA) is 19.7 Å². The van der Waals surface area contributed by atoms with Crippen molar-refractivity contribution in [3.8, 4) is 50.4 Å². The van der Waals surface area contributed by atoms with E-state index in [2.05, 4.69) is 300 Å². The smallest absolute Gasteiger partial charge is 0.0547 e. The van der Waals surface area contributed by atoms with Gasteiger partial charge in [-0.2, -0.15) is 0 Å². The molecule has 16 rings (SSSR count). The van der Waals surface area contributed by atoms with Crippen LogP contribution in [0.4, 0.5) is 0 Å². The van der Waals surface area contributed by atoms with Gasteiger partial charge in [0.05, 0.1) is 44.1 Å². The molecule has 11 aromatic carbocycles. The van der Waals surface area contributed by atoms with E-state index in [0.717, 1.165) is 17.1 Å². The van der Waals surface area contributed by atoms with E-state index in [-0.39, 0.29) is 11.8 Å². The van der Waals surface area contributed by atoms with Crippen LogP contribution < -0.4 is 0 Å². The number of allylic oxidation sites excluding steroid dienone is 5. The van der Waals surface area contributed by atoms with Gasteiger partial charge in [0.1, 0.15) is 0 Å². The minimum Gasteiger partial charge on any atom is -0.309 e. The SMILES string of the molecule is C=C/C=C(\C=C/C)n1c2ccc(-c3ccc4c(c3)c3ccccc3n4-c3ccccc3)cc2c2cc3c(cc21)-c1cc2c(cc1C(C)C3C)c1cc(-c3ccc4c(c3)c3ccccc3n4-c3ccccc3)ccc1n2-c1ccccc1. The molecule has 4 heteroatoms. The van der Waals surface area contributed by atoms with Crippen LogP contribution in [-0.2, 0) is 0 Å². The maximum absolute atomic E-state index is 4.20. The summed E-state index contributed by atoms with van der Waals surface area (Å²) in [6, 6.07) is 88.2. The second-order valence-corrected chi connectivity index (χ2v) is 22.1. The van der Waals surface area contributed by atoms with Crippen LogP contribution in [0.15, 0.2) is 267 Å². The van der Waals surface area contributed by atoms with Crippen LogP contribution in [0.25, 0.3) is 143 Å². The molecule has 4 heterocycles. The zero-order chi connectivity index (χ0) is 54.0. The van der Waals surface area contributed by atoms with Crippen molar-refractivity contribution in [2.45, 2.75) is 32.6 Å². The molecule has 0 saturated carbocycles. The molecule has 2 unspecified atom stereocenters. The fourth-order valence-corrected chi connectivity index (χ4v) is 13.9. The number of nitrogens with zero attached hydrogens (tertiary/aromatic N) is 4. The fourth-order valence-electron chi connectivity index (χ4n) is 13.9.